The molecule has 2 bridgehead atoms. The molecule has 5 aromatic rings. The van der Waals surface area contributed by atoms with Crippen molar-refractivity contribution in [3.05, 3.63) is 91.0 Å². The average molecular weight is 492 g/mol. The van der Waals surface area contributed by atoms with E-state index >= 15 is 0 Å². The molecule has 184 valence electrons. The zero-order chi connectivity index (χ0) is 24.9. The molecule has 3 aliphatic heterocycles. The van der Waals surface area contributed by atoms with Crippen LogP contribution in [-0.4, -0.2) is 54.8 Å². The number of piperazine rings is 1. The smallest absolute Gasteiger partial charge is 0.128 e. The fourth-order valence-corrected chi connectivity index (χ4v) is 5.77. The molecular formula is C29H26FN7. The molecule has 2 aromatic carbocycles. The Balaban J connectivity index is 1.13. The van der Waals surface area contributed by atoms with Gasteiger partial charge in [0.15, 0.2) is 0 Å². The summed E-state index contributed by atoms with van der Waals surface area (Å²) in [4.78, 5) is 18.5. The number of benzene rings is 2. The van der Waals surface area contributed by atoms with E-state index in [1.807, 2.05) is 37.9 Å². The second-order valence-corrected chi connectivity index (χ2v) is 10.0. The molecule has 2 atom stereocenters. The first kappa shape index (κ1) is 22.1. The molecule has 3 fully saturated rings. The molecule has 2 unspecified atom stereocenters. The lowest BCUT2D eigenvalue weighted by molar-refractivity contribution is -0.00874. The van der Waals surface area contributed by atoms with Gasteiger partial charge in [-0.15, -0.1) is 0 Å². The van der Waals surface area contributed by atoms with E-state index in [2.05, 4.69) is 49.1 Å². The standard InChI is InChI=1S/C29H26FN7/c1-35-15-22(12-34-35)21-8-26(27-13-31-18-33-28(27)9-21)20-5-6-29(32-11-20)36-16-24-10-25(17-36)37(24)14-19-3-2-4-23(30)7-19/h2-9,11-13,15,18,24-25H,10,14,16-17H2,1H3. The van der Waals surface area contributed by atoms with Crippen LogP contribution in [0.3, 0.4) is 0 Å². The first-order chi connectivity index (χ1) is 18.1. The normalized spacial score (nSPS) is 19.2. The highest BCUT2D eigenvalue weighted by Crippen LogP contribution is 2.37. The second kappa shape index (κ2) is 8.74. The van der Waals surface area contributed by atoms with Gasteiger partial charge in [0.25, 0.3) is 0 Å². The first-order valence-electron chi connectivity index (χ1n) is 12.5. The molecule has 8 heteroatoms. The van der Waals surface area contributed by atoms with Gasteiger partial charge in [-0.3, -0.25) is 9.58 Å². The van der Waals surface area contributed by atoms with E-state index < -0.39 is 0 Å². The molecule has 37 heavy (non-hydrogen) atoms. The van der Waals surface area contributed by atoms with Crippen LogP contribution in [0, 0.1) is 5.82 Å². The average Bonchev–Trinajstić information content (AvgIpc) is 3.37. The number of aromatic nitrogens is 5. The number of rotatable bonds is 5. The minimum absolute atomic E-state index is 0.167. The van der Waals surface area contributed by atoms with Crippen molar-refractivity contribution in [3.8, 4) is 22.3 Å². The van der Waals surface area contributed by atoms with Crippen LogP contribution >= 0.6 is 0 Å². The van der Waals surface area contributed by atoms with Crippen LogP contribution in [0.5, 0.6) is 0 Å². The minimum Gasteiger partial charge on any atom is -0.353 e. The third-order valence-electron chi connectivity index (χ3n) is 7.65. The Morgan fingerprint density at radius 3 is 2.57 bits per heavy atom. The first-order valence-corrected chi connectivity index (χ1v) is 12.5. The number of hydrogen-bond donors (Lipinski definition) is 0. The van der Waals surface area contributed by atoms with E-state index in [-0.39, 0.29) is 5.82 Å². The number of fused-ring (bicyclic) bond motifs is 3. The molecule has 3 saturated heterocycles. The van der Waals surface area contributed by atoms with Crippen molar-refractivity contribution < 1.29 is 4.39 Å². The lowest BCUT2D eigenvalue weighted by Gasteiger charge is -2.56. The molecular weight excluding hydrogens is 465 g/mol. The Morgan fingerprint density at radius 2 is 1.81 bits per heavy atom. The molecule has 3 aromatic heterocycles. The highest BCUT2D eigenvalue weighted by atomic mass is 19.1. The Bertz CT molecular complexity index is 1580. The summed E-state index contributed by atoms with van der Waals surface area (Å²) in [6.45, 7) is 2.67. The van der Waals surface area contributed by atoms with Crippen LogP contribution in [0.1, 0.15) is 12.0 Å². The highest BCUT2D eigenvalue weighted by Gasteiger charge is 2.44. The molecule has 8 rings (SSSR count). The van der Waals surface area contributed by atoms with Crippen LogP contribution in [0.4, 0.5) is 10.2 Å². The van der Waals surface area contributed by atoms with Gasteiger partial charge in [-0.2, -0.15) is 5.10 Å². The number of pyridine rings is 1. The van der Waals surface area contributed by atoms with Crippen molar-refractivity contribution in [2.45, 2.75) is 25.0 Å². The van der Waals surface area contributed by atoms with Crippen molar-refractivity contribution >= 4 is 16.7 Å². The van der Waals surface area contributed by atoms with Gasteiger partial charge in [-0.1, -0.05) is 12.1 Å². The monoisotopic (exact) mass is 491 g/mol. The van der Waals surface area contributed by atoms with E-state index in [0.29, 0.717) is 12.1 Å². The highest BCUT2D eigenvalue weighted by molar-refractivity contribution is 5.97. The van der Waals surface area contributed by atoms with Crippen molar-refractivity contribution in [1.82, 2.24) is 29.6 Å². The molecule has 0 saturated carbocycles. The van der Waals surface area contributed by atoms with E-state index in [1.54, 1.807) is 23.1 Å². The Hall–Kier alpha value is -4.17. The van der Waals surface area contributed by atoms with Gasteiger partial charge in [0.05, 0.1) is 11.7 Å². The van der Waals surface area contributed by atoms with Crippen molar-refractivity contribution in [1.29, 1.82) is 0 Å². The molecule has 0 radical (unpaired) electrons. The lowest BCUT2D eigenvalue weighted by Crippen LogP contribution is -2.68. The zero-order valence-electron chi connectivity index (χ0n) is 20.5. The van der Waals surface area contributed by atoms with E-state index in [0.717, 1.165) is 64.2 Å². The summed E-state index contributed by atoms with van der Waals surface area (Å²) in [5.74, 6) is 0.826. The molecule has 0 spiro atoms. The maximum absolute atomic E-state index is 13.6. The fourth-order valence-electron chi connectivity index (χ4n) is 5.77. The lowest BCUT2D eigenvalue weighted by atomic mass is 9.86. The number of halogens is 1. The maximum atomic E-state index is 13.6. The summed E-state index contributed by atoms with van der Waals surface area (Å²) in [6, 6.07) is 16.4. The predicted octanol–water partition coefficient (Wildman–Crippen LogP) is 4.69. The third-order valence-corrected chi connectivity index (χ3v) is 7.65. The zero-order valence-corrected chi connectivity index (χ0v) is 20.5. The fraction of sp³-hybridized carbons (Fsp3) is 0.241. The molecule has 0 amide bonds. The van der Waals surface area contributed by atoms with Gasteiger partial charge >= 0.3 is 0 Å². The number of anilines is 1. The van der Waals surface area contributed by atoms with Crippen molar-refractivity contribution in [3.63, 3.8) is 0 Å². The quantitative estimate of drug-likeness (QED) is 0.355. The van der Waals surface area contributed by atoms with Gasteiger partial charge < -0.3 is 4.90 Å². The van der Waals surface area contributed by atoms with Gasteiger partial charge in [0.2, 0.25) is 0 Å². The topological polar surface area (TPSA) is 63.0 Å². The second-order valence-electron chi connectivity index (χ2n) is 10.0. The number of piperidine rings is 1. The largest absolute Gasteiger partial charge is 0.353 e. The van der Waals surface area contributed by atoms with Crippen LogP contribution in [0.2, 0.25) is 0 Å². The Labute approximate surface area is 214 Å². The maximum Gasteiger partial charge on any atom is 0.128 e. The van der Waals surface area contributed by atoms with E-state index in [4.69, 9.17) is 4.98 Å². The van der Waals surface area contributed by atoms with Gasteiger partial charge in [0.1, 0.15) is 18.0 Å². The number of nitrogens with zero attached hydrogens (tertiary/aromatic N) is 7. The van der Waals surface area contributed by atoms with Crippen LogP contribution in [0.15, 0.2) is 79.6 Å². The third kappa shape index (κ3) is 4.03. The molecule has 0 aliphatic carbocycles. The molecule has 6 heterocycles. The Kier molecular flexibility index (Phi) is 5.21. The van der Waals surface area contributed by atoms with Gasteiger partial charge in [-0.05, 0) is 59.5 Å². The van der Waals surface area contributed by atoms with Crippen LogP contribution < -0.4 is 4.90 Å². The van der Waals surface area contributed by atoms with Crippen LogP contribution in [0.25, 0.3) is 33.2 Å². The van der Waals surface area contributed by atoms with Crippen LogP contribution in [-0.2, 0) is 13.6 Å². The summed E-state index contributed by atoms with van der Waals surface area (Å²) in [7, 11) is 1.92. The Morgan fingerprint density at radius 1 is 0.919 bits per heavy atom. The molecule has 7 nitrogen and oxygen atoms in total. The summed E-state index contributed by atoms with van der Waals surface area (Å²) >= 11 is 0. The predicted molar refractivity (Wildman–Crippen MR) is 141 cm³/mol. The van der Waals surface area contributed by atoms with Gasteiger partial charge in [-0.25, -0.2) is 19.3 Å². The minimum atomic E-state index is -0.167. The number of hydrogen-bond acceptors (Lipinski definition) is 6. The van der Waals surface area contributed by atoms with E-state index in [9.17, 15) is 4.39 Å². The molecule has 3 aliphatic rings. The number of aryl methyl sites for hydroxylation is 1. The SMILES string of the molecule is Cn1cc(-c2cc(-c3ccc(N4CC5CC(C4)N5Cc4cccc(F)c4)nc3)c3cncnc3c2)cn1. The van der Waals surface area contributed by atoms with Gasteiger partial charge in [0, 0.05) is 73.9 Å². The summed E-state index contributed by atoms with van der Waals surface area (Å²) in [5, 5.41) is 5.32. The van der Waals surface area contributed by atoms with Crippen molar-refractivity contribution in [2.24, 2.45) is 7.05 Å². The summed E-state index contributed by atoms with van der Waals surface area (Å²) in [5.41, 5.74) is 6.13. The van der Waals surface area contributed by atoms with E-state index in [1.165, 1.54) is 12.5 Å². The molecule has 0 N–H and O–H groups in total. The summed E-state index contributed by atoms with van der Waals surface area (Å²) < 4.78 is 15.4. The summed E-state index contributed by atoms with van der Waals surface area (Å²) in [6.07, 6.45) is 10.5. The van der Waals surface area contributed by atoms with Crippen molar-refractivity contribution in [2.75, 3.05) is 18.0 Å².